The van der Waals surface area contributed by atoms with E-state index in [0.717, 1.165) is 5.56 Å². The van der Waals surface area contributed by atoms with Gasteiger partial charge < -0.3 is 14.6 Å². The van der Waals surface area contributed by atoms with Crippen LogP contribution in [0.2, 0.25) is 5.02 Å². The molecule has 0 saturated carbocycles. The van der Waals surface area contributed by atoms with Crippen LogP contribution in [0.25, 0.3) is 0 Å². The predicted octanol–water partition coefficient (Wildman–Crippen LogP) is 3.63. The number of aromatic carboxylic acids is 1. The average Bonchev–Trinajstić information content (AvgIpc) is 2.45. The maximum Gasteiger partial charge on any atom is 0.341 e. The number of benzene rings is 2. The van der Waals surface area contributed by atoms with Crippen LogP contribution < -0.4 is 9.47 Å². The van der Waals surface area contributed by atoms with E-state index >= 15 is 0 Å². The Bertz CT molecular complexity index is 625. The summed E-state index contributed by atoms with van der Waals surface area (Å²) in [7, 11) is 1.57. The van der Waals surface area contributed by atoms with Gasteiger partial charge in [0.05, 0.1) is 12.1 Å². The first kappa shape index (κ1) is 14.2. The standard InChI is InChI=1S/C15H13ClO4/c1-19-12-7-3-2-5-10(12)9-20-13-8-4-6-11(16)14(13)15(17)18/h2-8H,9H2,1H3,(H,17,18). The Morgan fingerprint density at radius 2 is 1.85 bits per heavy atom. The summed E-state index contributed by atoms with van der Waals surface area (Å²) in [5.74, 6) is -0.201. The molecule has 2 rings (SSSR count). The number of para-hydroxylation sites is 1. The van der Waals surface area contributed by atoms with Crippen molar-refractivity contribution in [2.45, 2.75) is 6.61 Å². The van der Waals surface area contributed by atoms with Gasteiger partial charge >= 0.3 is 5.97 Å². The Morgan fingerprint density at radius 1 is 1.15 bits per heavy atom. The lowest BCUT2D eigenvalue weighted by Crippen LogP contribution is -2.05. The second-order valence-corrected chi connectivity index (χ2v) is 4.43. The smallest absolute Gasteiger partial charge is 0.341 e. The van der Waals surface area contributed by atoms with Crippen LogP contribution in [0, 0.1) is 0 Å². The first-order valence-electron chi connectivity index (χ1n) is 5.90. The van der Waals surface area contributed by atoms with Gasteiger partial charge in [-0.3, -0.25) is 0 Å². The summed E-state index contributed by atoms with van der Waals surface area (Å²) >= 11 is 5.88. The number of carbonyl (C=O) groups is 1. The van der Waals surface area contributed by atoms with Crippen molar-refractivity contribution in [2.75, 3.05) is 7.11 Å². The maximum absolute atomic E-state index is 11.2. The van der Waals surface area contributed by atoms with E-state index in [1.165, 1.54) is 6.07 Å². The van der Waals surface area contributed by atoms with E-state index in [4.69, 9.17) is 26.2 Å². The quantitative estimate of drug-likeness (QED) is 0.914. The maximum atomic E-state index is 11.2. The zero-order chi connectivity index (χ0) is 14.5. The summed E-state index contributed by atoms with van der Waals surface area (Å²) in [5, 5.41) is 9.30. The molecule has 4 nitrogen and oxygen atoms in total. The fourth-order valence-corrected chi connectivity index (χ4v) is 2.06. The zero-order valence-electron chi connectivity index (χ0n) is 10.8. The second kappa shape index (κ2) is 6.30. The Labute approximate surface area is 121 Å². The van der Waals surface area contributed by atoms with Crippen molar-refractivity contribution in [2.24, 2.45) is 0 Å². The molecular weight excluding hydrogens is 280 g/mol. The monoisotopic (exact) mass is 292 g/mol. The van der Waals surface area contributed by atoms with E-state index in [2.05, 4.69) is 0 Å². The van der Waals surface area contributed by atoms with Crippen LogP contribution in [-0.4, -0.2) is 18.2 Å². The molecule has 0 unspecified atom stereocenters. The van der Waals surface area contributed by atoms with Gasteiger partial charge in [-0.25, -0.2) is 4.79 Å². The highest BCUT2D eigenvalue weighted by atomic mass is 35.5. The molecule has 0 aliphatic heterocycles. The molecular formula is C15H13ClO4. The topological polar surface area (TPSA) is 55.8 Å². The molecule has 0 heterocycles. The van der Waals surface area contributed by atoms with Gasteiger partial charge in [-0.1, -0.05) is 35.9 Å². The fraction of sp³-hybridized carbons (Fsp3) is 0.133. The van der Waals surface area contributed by atoms with E-state index in [1.807, 2.05) is 24.3 Å². The molecule has 0 aliphatic carbocycles. The van der Waals surface area contributed by atoms with Crippen molar-refractivity contribution in [3.63, 3.8) is 0 Å². The summed E-state index contributed by atoms with van der Waals surface area (Å²) in [6.07, 6.45) is 0. The van der Waals surface area contributed by atoms with Crippen molar-refractivity contribution < 1.29 is 19.4 Å². The third kappa shape index (κ3) is 3.03. The second-order valence-electron chi connectivity index (χ2n) is 4.02. The van der Waals surface area contributed by atoms with Crippen molar-refractivity contribution in [1.82, 2.24) is 0 Å². The van der Waals surface area contributed by atoms with Crippen LogP contribution in [0.15, 0.2) is 42.5 Å². The van der Waals surface area contributed by atoms with E-state index in [-0.39, 0.29) is 22.9 Å². The lowest BCUT2D eigenvalue weighted by molar-refractivity contribution is 0.0692. The predicted molar refractivity (Wildman–Crippen MR) is 75.7 cm³/mol. The number of halogens is 1. The first-order valence-corrected chi connectivity index (χ1v) is 6.27. The van der Waals surface area contributed by atoms with Crippen molar-refractivity contribution in [1.29, 1.82) is 0 Å². The zero-order valence-corrected chi connectivity index (χ0v) is 11.6. The fourth-order valence-electron chi connectivity index (χ4n) is 1.81. The molecule has 20 heavy (non-hydrogen) atoms. The Kier molecular flexibility index (Phi) is 4.48. The van der Waals surface area contributed by atoms with Gasteiger partial charge in [0, 0.05) is 5.56 Å². The normalized spacial score (nSPS) is 10.1. The molecule has 1 N–H and O–H groups in total. The summed E-state index contributed by atoms with van der Waals surface area (Å²) in [5.41, 5.74) is 0.787. The van der Waals surface area contributed by atoms with E-state index in [9.17, 15) is 4.79 Å². The van der Waals surface area contributed by atoms with Crippen LogP contribution in [-0.2, 0) is 6.61 Å². The van der Waals surface area contributed by atoms with Crippen molar-refractivity contribution >= 4 is 17.6 Å². The van der Waals surface area contributed by atoms with Gasteiger partial charge in [0.1, 0.15) is 23.7 Å². The summed E-state index contributed by atoms with van der Waals surface area (Å²) < 4.78 is 10.8. The Balaban J connectivity index is 2.23. The van der Waals surface area contributed by atoms with Gasteiger partial charge in [-0.2, -0.15) is 0 Å². The van der Waals surface area contributed by atoms with Gasteiger partial charge in [0.25, 0.3) is 0 Å². The number of rotatable bonds is 5. The number of hydrogen-bond donors (Lipinski definition) is 1. The lowest BCUT2D eigenvalue weighted by Gasteiger charge is -2.12. The largest absolute Gasteiger partial charge is 0.496 e. The molecule has 0 bridgehead atoms. The molecule has 2 aromatic carbocycles. The molecule has 5 heteroatoms. The Hall–Kier alpha value is -2.20. The summed E-state index contributed by atoms with van der Waals surface area (Å²) in [6, 6.07) is 12.1. The first-order chi connectivity index (χ1) is 9.63. The molecule has 0 amide bonds. The number of carboxylic acids is 1. The molecule has 0 aliphatic rings. The minimum Gasteiger partial charge on any atom is -0.496 e. The van der Waals surface area contributed by atoms with Crippen LogP contribution in [0.5, 0.6) is 11.5 Å². The number of methoxy groups -OCH3 is 1. The average molecular weight is 293 g/mol. The van der Waals surface area contributed by atoms with Gasteiger partial charge in [0.2, 0.25) is 0 Å². The van der Waals surface area contributed by atoms with Crippen LogP contribution in [0.3, 0.4) is 0 Å². The minimum absolute atomic E-state index is 0.0379. The third-order valence-electron chi connectivity index (χ3n) is 2.76. The highest BCUT2D eigenvalue weighted by Crippen LogP contribution is 2.28. The van der Waals surface area contributed by atoms with Crippen LogP contribution >= 0.6 is 11.6 Å². The number of carboxylic acid groups (broad SMARTS) is 1. The molecule has 0 radical (unpaired) electrons. The lowest BCUT2D eigenvalue weighted by atomic mass is 10.2. The molecule has 104 valence electrons. The SMILES string of the molecule is COc1ccccc1COc1cccc(Cl)c1C(=O)O. The van der Waals surface area contributed by atoms with Crippen LogP contribution in [0.4, 0.5) is 0 Å². The van der Waals surface area contributed by atoms with E-state index < -0.39 is 5.97 Å². The molecule has 0 fully saturated rings. The summed E-state index contributed by atoms with van der Waals surface area (Å²) in [4.78, 5) is 11.2. The van der Waals surface area contributed by atoms with Crippen molar-refractivity contribution in [3.05, 3.63) is 58.6 Å². The highest BCUT2D eigenvalue weighted by Gasteiger charge is 2.16. The summed E-state index contributed by atoms with van der Waals surface area (Å²) in [6.45, 7) is 0.199. The van der Waals surface area contributed by atoms with Crippen molar-refractivity contribution in [3.8, 4) is 11.5 Å². The third-order valence-corrected chi connectivity index (χ3v) is 3.08. The molecule has 0 spiro atoms. The number of ether oxygens (including phenoxy) is 2. The van der Waals surface area contributed by atoms with E-state index in [0.29, 0.717) is 5.75 Å². The molecule has 2 aromatic rings. The van der Waals surface area contributed by atoms with Gasteiger partial charge in [-0.15, -0.1) is 0 Å². The van der Waals surface area contributed by atoms with Gasteiger partial charge in [-0.05, 0) is 18.2 Å². The van der Waals surface area contributed by atoms with Crippen LogP contribution in [0.1, 0.15) is 15.9 Å². The molecule has 0 aromatic heterocycles. The minimum atomic E-state index is -1.12. The Morgan fingerprint density at radius 3 is 2.55 bits per heavy atom. The van der Waals surface area contributed by atoms with E-state index in [1.54, 1.807) is 19.2 Å². The number of hydrogen-bond acceptors (Lipinski definition) is 3. The molecule has 0 saturated heterocycles. The highest BCUT2D eigenvalue weighted by molar-refractivity contribution is 6.33. The van der Waals surface area contributed by atoms with Gasteiger partial charge in [0.15, 0.2) is 0 Å². The molecule has 0 atom stereocenters.